The number of imidazole rings is 2. The molecule has 3 aliphatic rings. The molecule has 80 heavy (non-hydrogen) atoms. The fourth-order valence-corrected chi connectivity index (χ4v) is 14.5. The van der Waals surface area contributed by atoms with Crippen LogP contribution in [0.15, 0.2) is 76.0 Å². The number of aromatic nitrogens is 10. The second-order valence-electron chi connectivity index (χ2n) is 18.0. The molecule has 14 N–H and O–H groups in total. The molecule has 0 saturated carbocycles. The molecule has 6 aromatic rings. The average Bonchev–Trinajstić information content (AvgIpc) is 4.22. The van der Waals surface area contributed by atoms with Crippen LogP contribution in [0.3, 0.4) is 0 Å². The fourth-order valence-electron chi connectivity index (χ4n) is 9.23. The van der Waals surface area contributed by atoms with Gasteiger partial charge in [0.05, 0.1) is 39.3 Å². The SMILES string of the molecule is CO[C@@H]1[C@H](P(=O)(O)OC[C@H]2O[C@@H](n3ccc(=O)[nH]c3=O)[C@H](O)[C@@H]2O)[C@@H](COP(=O)(O)OP(=O)(O)OP(=O)(O)OC[C@H]2O[C@@H]([n+]3cn(C)c4c(=O)[nH]c(N)nc43)[C@H](O)[C@@H]2CNC(=O)c2ccccc2)O[C@H]1n1cnc2c(N)ncnc21. The van der Waals surface area contributed by atoms with E-state index < -0.39 is 153 Å². The summed E-state index contributed by atoms with van der Waals surface area (Å²) in [5.41, 5.74) is 7.37. The summed E-state index contributed by atoms with van der Waals surface area (Å²) in [6.07, 6.45) is -12.2. The van der Waals surface area contributed by atoms with E-state index in [4.69, 9.17) is 44.0 Å². The Bertz CT molecular complexity index is 3680. The molecule has 3 saturated heterocycles. The number of nitrogen functional groups attached to an aromatic ring is 2. The predicted octanol–water partition coefficient (Wildman–Crippen LogP) is -3.12. The Morgan fingerprint density at radius 1 is 0.800 bits per heavy atom. The zero-order valence-corrected chi connectivity index (χ0v) is 44.7. The molecule has 0 radical (unpaired) electrons. The number of benzene rings is 1. The molecule has 1 amide bonds. The van der Waals surface area contributed by atoms with Crippen molar-refractivity contribution in [2.75, 3.05) is 44.9 Å². The van der Waals surface area contributed by atoms with Crippen molar-refractivity contribution in [3.8, 4) is 0 Å². The molecular weight excluding hydrogens is 1160 g/mol. The number of fused-ring (bicyclic) bond motifs is 2. The van der Waals surface area contributed by atoms with Gasteiger partial charge in [-0.1, -0.05) is 23.2 Å². The predicted molar refractivity (Wildman–Crippen MR) is 263 cm³/mol. The summed E-state index contributed by atoms with van der Waals surface area (Å²) in [4.78, 5) is 114. The van der Waals surface area contributed by atoms with Gasteiger partial charge in [-0.25, -0.2) is 38.0 Å². The number of anilines is 2. The number of aliphatic hydroxyl groups is 3. The molecule has 9 rings (SSSR count). The van der Waals surface area contributed by atoms with Crippen LogP contribution >= 0.6 is 31.1 Å². The minimum Gasteiger partial charge on any atom is -0.387 e. The Morgan fingerprint density at radius 3 is 2.14 bits per heavy atom. The Morgan fingerprint density at radius 2 is 1.46 bits per heavy atom. The highest BCUT2D eigenvalue weighted by Crippen LogP contribution is 2.68. The van der Waals surface area contributed by atoms with Gasteiger partial charge in [-0.2, -0.15) is 8.62 Å². The Hall–Kier alpha value is -5.85. The first-order valence-corrected chi connectivity index (χ1v) is 29.4. The number of aromatic amines is 2. The number of methoxy groups -OCH3 is 1. The van der Waals surface area contributed by atoms with Crippen LogP contribution in [-0.2, 0) is 66.4 Å². The molecule has 1 aromatic carbocycles. The van der Waals surface area contributed by atoms with Gasteiger partial charge in [0, 0.05) is 37.4 Å². The lowest BCUT2D eigenvalue weighted by atomic mass is 9.98. The van der Waals surface area contributed by atoms with Gasteiger partial charge in [-0.15, -0.1) is 0 Å². The second-order valence-corrected chi connectivity index (χ2v) is 24.6. The van der Waals surface area contributed by atoms with E-state index in [0.717, 1.165) is 36.6 Å². The van der Waals surface area contributed by atoms with Gasteiger partial charge in [-0.3, -0.25) is 51.7 Å². The number of aliphatic hydroxyl groups excluding tert-OH is 3. The third-order valence-corrected chi connectivity index (χ3v) is 19.0. The molecule has 3 fully saturated rings. The van der Waals surface area contributed by atoms with E-state index in [0.29, 0.717) is 0 Å². The number of aryl methyl sites for hydroxylation is 1. The lowest BCUT2D eigenvalue weighted by molar-refractivity contribution is -0.745. The first kappa shape index (κ1) is 58.8. The molecule has 37 nitrogen and oxygen atoms in total. The van der Waals surface area contributed by atoms with Gasteiger partial charge in [0.15, 0.2) is 30.2 Å². The molecule has 3 aliphatic heterocycles. The number of phosphoric ester groups is 2. The molecule has 0 spiro atoms. The number of carbonyl (C=O) groups excluding carboxylic acids is 1. The van der Waals surface area contributed by atoms with Gasteiger partial charge >= 0.3 is 42.4 Å². The van der Waals surface area contributed by atoms with Crippen molar-refractivity contribution in [2.45, 2.75) is 67.1 Å². The van der Waals surface area contributed by atoms with E-state index >= 15 is 0 Å². The van der Waals surface area contributed by atoms with Crippen LogP contribution < -0.4 is 38.2 Å². The highest BCUT2D eigenvalue weighted by atomic mass is 31.3. The molecule has 5 aromatic heterocycles. The number of hydrogen-bond acceptors (Lipinski definition) is 26. The normalized spacial score (nSPS) is 29.1. The fraction of sp³-hybridized carbons (Fsp3) is 0.462. The van der Waals surface area contributed by atoms with E-state index in [2.05, 4.69) is 38.9 Å². The minimum atomic E-state index is -6.27. The zero-order valence-electron chi connectivity index (χ0n) is 41.1. The van der Waals surface area contributed by atoms with Crippen molar-refractivity contribution in [3.05, 3.63) is 98.3 Å². The Balaban J connectivity index is 0.895. The van der Waals surface area contributed by atoms with E-state index in [1.807, 2.05) is 4.98 Å². The summed E-state index contributed by atoms with van der Waals surface area (Å²) in [5, 5.41) is 35.8. The molecule has 16 atom stereocenters. The summed E-state index contributed by atoms with van der Waals surface area (Å²) in [7, 11) is -21.0. The van der Waals surface area contributed by atoms with Crippen molar-refractivity contribution in [3.63, 3.8) is 0 Å². The lowest BCUT2D eigenvalue weighted by Crippen LogP contribution is -2.46. The molecule has 41 heteroatoms. The van der Waals surface area contributed by atoms with E-state index in [-0.39, 0.29) is 39.7 Å². The summed E-state index contributed by atoms with van der Waals surface area (Å²) in [6, 6.07) is 8.75. The first-order chi connectivity index (χ1) is 37.7. The topological polar surface area (TPSA) is 527 Å². The van der Waals surface area contributed by atoms with E-state index in [9.17, 15) is 72.3 Å². The standard InChI is InChI=1S/C39H49N13O24P4/c1-49-16-52(32-24(49)34(58)48-38(41)47-32)35-25(54)18(10-42-33(57)17-6-4-3-5-7-17)19(72-35)11-70-78(62,63)75-80(66,67)76-79(64,65)71-13-21-29(28(68-2)37(74-21)51-15-45-23-30(40)43-14-44-31(23)51)77(60,61)69-12-20-26(55)27(56)36(73-20)50-9-8-22(53)46-39(50)59/h3-9,14-16,18-21,25-29,35-37,54-56H,10-13H2,1-2H3,(H10-,40,41,42,43,44,46,47,48,53,57,58,59,60,61,62,63,64,65,66,67)/p+1/t18-,19-,20-,21-,25-,26-,27-,28-,29-,35-,36-,37-/m1/s1. The number of nitrogens with zero attached hydrogens (tertiary/aromatic N) is 8. The number of hydrogen-bond donors (Lipinski definition) is 12. The highest BCUT2D eigenvalue weighted by Gasteiger charge is 2.58. The van der Waals surface area contributed by atoms with Crippen molar-refractivity contribution in [1.29, 1.82) is 0 Å². The summed E-state index contributed by atoms with van der Waals surface area (Å²) in [6.45, 7) is -3.79. The molecule has 0 aliphatic carbocycles. The van der Waals surface area contributed by atoms with Gasteiger partial charge in [0.25, 0.3) is 23.0 Å². The van der Waals surface area contributed by atoms with Crippen LogP contribution in [0.5, 0.6) is 0 Å². The third kappa shape index (κ3) is 12.2. The van der Waals surface area contributed by atoms with Crippen LogP contribution in [0.25, 0.3) is 22.3 Å². The number of carbonyl (C=O) groups is 1. The number of amides is 1. The maximum absolute atomic E-state index is 14.4. The van der Waals surface area contributed by atoms with E-state index in [1.54, 1.807) is 18.2 Å². The average molecular weight is 1210 g/mol. The van der Waals surface area contributed by atoms with Gasteiger partial charge in [0.2, 0.25) is 11.7 Å². The number of nitrogens with one attached hydrogen (secondary N) is 3. The second kappa shape index (κ2) is 22.8. The molecule has 434 valence electrons. The van der Waals surface area contributed by atoms with Crippen molar-refractivity contribution < 1.29 is 104 Å². The van der Waals surface area contributed by atoms with Crippen LogP contribution in [0.1, 0.15) is 29.0 Å². The third-order valence-electron chi connectivity index (χ3n) is 12.8. The van der Waals surface area contributed by atoms with Gasteiger partial charge in [0.1, 0.15) is 54.1 Å². The van der Waals surface area contributed by atoms with Crippen LogP contribution in [0, 0.1) is 5.92 Å². The van der Waals surface area contributed by atoms with Gasteiger partial charge in [-0.05, 0) is 12.1 Å². The monoisotopic (exact) mass is 1210 g/mol. The Kier molecular flexibility index (Phi) is 16.8. The maximum atomic E-state index is 14.4. The summed E-state index contributed by atoms with van der Waals surface area (Å²) in [5.74, 6) is -2.24. The van der Waals surface area contributed by atoms with E-state index in [1.165, 1.54) is 39.2 Å². The molecule has 8 heterocycles. The molecule has 0 bridgehead atoms. The quantitative estimate of drug-likeness (QED) is 0.0250. The van der Waals surface area contributed by atoms with Crippen LogP contribution in [-0.4, -0.2) is 166 Å². The minimum absolute atomic E-state index is 0.0120. The Labute approximate surface area is 445 Å². The molecule has 4 unspecified atom stereocenters. The number of H-pyrrole nitrogens is 2. The maximum Gasteiger partial charge on any atom is 0.490 e. The largest absolute Gasteiger partial charge is 0.490 e. The van der Waals surface area contributed by atoms with Crippen molar-refractivity contribution in [1.82, 2.24) is 48.9 Å². The van der Waals surface area contributed by atoms with Crippen molar-refractivity contribution >= 4 is 71.1 Å². The van der Waals surface area contributed by atoms with Crippen LogP contribution in [0.4, 0.5) is 11.8 Å². The van der Waals surface area contributed by atoms with Crippen molar-refractivity contribution in [2.24, 2.45) is 13.0 Å². The number of rotatable bonds is 21. The lowest BCUT2D eigenvalue weighted by Gasteiger charge is -2.28. The smallest absolute Gasteiger partial charge is 0.387 e. The van der Waals surface area contributed by atoms with Crippen LogP contribution in [0.2, 0.25) is 0 Å². The summed E-state index contributed by atoms with van der Waals surface area (Å²) < 4.78 is 106. The number of ether oxygens (including phenoxy) is 4. The van der Waals surface area contributed by atoms with Gasteiger partial charge < -0.3 is 75.1 Å². The number of nitrogens with two attached hydrogens (primary N) is 2. The molecular formula is C39H50N13O24P4+. The highest BCUT2D eigenvalue weighted by molar-refractivity contribution is 7.66. The zero-order chi connectivity index (χ0) is 57.8. The summed E-state index contributed by atoms with van der Waals surface area (Å²) >= 11 is 0. The number of phosphoric acid groups is 3. The first-order valence-electron chi connectivity index (χ1n) is 23.2.